The summed E-state index contributed by atoms with van der Waals surface area (Å²) in [4.78, 5) is 22.9. The lowest BCUT2D eigenvalue weighted by atomic mass is 10.1. The summed E-state index contributed by atoms with van der Waals surface area (Å²) in [5.74, 6) is 5.80. The van der Waals surface area contributed by atoms with Gasteiger partial charge < -0.3 is 9.47 Å². The average Bonchev–Trinajstić information content (AvgIpc) is 2.63. The molecule has 0 rings (SSSR count). The van der Waals surface area contributed by atoms with Gasteiger partial charge in [0.05, 0.1) is 0 Å². The molecule has 0 heterocycles. The molecule has 0 aliphatic heterocycles. The quantitative estimate of drug-likeness (QED) is 0.163. The van der Waals surface area contributed by atoms with Crippen LogP contribution in [0.5, 0.6) is 0 Å². The Kier molecular flexibility index (Phi) is 14.8. The molecule has 0 bridgehead atoms. The second-order valence-electron chi connectivity index (χ2n) is 7.28. The van der Waals surface area contributed by atoms with Gasteiger partial charge in [0.1, 0.15) is 0 Å². The van der Waals surface area contributed by atoms with E-state index in [1.54, 1.807) is 0 Å². The van der Waals surface area contributed by atoms with E-state index in [0.717, 1.165) is 49.7 Å². The van der Waals surface area contributed by atoms with Crippen LogP contribution in [0.1, 0.15) is 106 Å². The second-order valence-corrected chi connectivity index (χ2v) is 7.28. The normalized spacial score (nSPS) is 12.4. The summed E-state index contributed by atoms with van der Waals surface area (Å²) in [6, 6.07) is 0. The Morgan fingerprint density at radius 2 is 0.964 bits per heavy atom. The van der Waals surface area contributed by atoms with Crippen LogP contribution in [0.2, 0.25) is 0 Å². The van der Waals surface area contributed by atoms with Gasteiger partial charge in [0.15, 0.2) is 11.5 Å². The zero-order chi connectivity index (χ0) is 21.4. The van der Waals surface area contributed by atoms with Crippen molar-refractivity contribution in [3.05, 3.63) is 22.7 Å². The molecule has 4 nitrogen and oxygen atoms in total. The fraction of sp³-hybridized carbons (Fsp3) is 0.667. The largest absolute Gasteiger partial charge is 0.417 e. The zero-order valence-electron chi connectivity index (χ0n) is 18.7. The molecule has 28 heavy (non-hydrogen) atoms. The number of carbonyl (C=O) groups excluding carboxylic acids is 2. The lowest BCUT2D eigenvalue weighted by Gasteiger charge is -2.08. The molecule has 0 aromatic rings. The lowest BCUT2D eigenvalue weighted by molar-refractivity contribution is -0.137. The topological polar surface area (TPSA) is 52.6 Å². The van der Waals surface area contributed by atoms with Crippen molar-refractivity contribution in [3.8, 4) is 11.8 Å². The van der Waals surface area contributed by atoms with E-state index in [0.29, 0.717) is 11.5 Å². The Hall–Kier alpha value is -2.02. The summed E-state index contributed by atoms with van der Waals surface area (Å²) in [6.45, 7) is 11.0. The van der Waals surface area contributed by atoms with E-state index in [-0.39, 0.29) is 0 Å². The molecule has 0 amide bonds. The standard InChI is InChI=1S/C24H38O4/c1-7-9-11-13-15-19(3)23(27-21(5)25)17-18-24(28-22(6)26)20(4)16-14-12-10-8-2/h7-16H2,1-6H3/b23-19-,24-20+. The van der Waals surface area contributed by atoms with Gasteiger partial charge in [-0.05, 0) is 62.5 Å². The Bertz CT molecular complexity index is 562. The lowest BCUT2D eigenvalue weighted by Crippen LogP contribution is -2.03. The fourth-order valence-electron chi connectivity index (χ4n) is 2.70. The molecule has 0 unspecified atom stereocenters. The fourth-order valence-corrected chi connectivity index (χ4v) is 2.70. The smallest absolute Gasteiger partial charge is 0.308 e. The first kappa shape index (κ1) is 26.0. The van der Waals surface area contributed by atoms with Crippen molar-refractivity contribution < 1.29 is 19.1 Å². The van der Waals surface area contributed by atoms with E-state index in [9.17, 15) is 9.59 Å². The first-order chi connectivity index (χ1) is 13.3. The van der Waals surface area contributed by atoms with E-state index in [2.05, 4.69) is 25.7 Å². The molecular weight excluding hydrogens is 352 g/mol. The second kappa shape index (κ2) is 16.0. The van der Waals surface area contributed by atoms with Gasteiger partial charge in [-0.15, -0.1) is 0 Å². The van der Waals surface area contributed by atoms with Crippen LogP contribution in [-0.2, 0) is 19.1 Å². The minimum Gasteiger partial charge on any atom is -0.417 e. The number of unbranched alkanes of at least 4 members (excludes halogenated alkanes) is 6. The number of esters is 2. The third kappa shape index (κ3) is 13.2. The van der Waals surface area contributed by atoms with Crippen LogP contribution in [0.3, 0.4) is 0 Å². The van der Waals surface area contributed by atoms with Crippen LogP contribution in [-0.4, -0.2) is 11.9 Å². The highest BCUT2D eigenvalue weighted by Crippen LogP contribution is 2.17. The summed E-state index contributed by atoms with van der Waals surface area (Å²) in [5.41, 5.74) is 1.89. The van der Waals surface area contributed by atoms with Gasteiger partial charge in [-0.3, -0.25) is 9.59 Å². The van der Waals surface area contributed by atoms with Crippen LogP contribution >= 0.6 is 0 Å². The van der Waals surface area contributed by atoms with Crippen LogP contribution in [0.4, 0.5) is 0 Å². The number of hydrogen-bond donors (Lipinski definition) is 0. The summed E-state index contributed by atoms with van der Waals surface area (Å²) in [5, 5.41) is 0. The van der Waals surface area contributed by atoms with Crippen molar-refractivity contribution >= 4 is 11.9 Å². The van der Waals surface area contributed by atoms with Gasteiger partial charge in [0, 0.05) is 13.8 Å². The van der Waals surface area contributed by atoms with Crippen LogP contribution in [0.25, 0.3) is 0 Å². The highest BCUT2D eigenvalue weighted by molar-refractivity contribution is 5.69. The van der Waals surface area contributed by atoms with Gasteiger partial charge in [-0.2, -0.15) is 0 Å². The third-order valence-electron chi connectivity index (χ3n) is 4.37. The molecule has 4 heteroatoms. The number of rotatable bonds is 12. The maximum atomic E-state index is 11.5. The highest BCUT2D eigenvalue weighted by atomic mass is 16.5. The summed E-state index contributed by atoms with van der Waals surface area (Å²) in [7, 11) is 0. The maximum absolute atomic E-state index is 11.5. The van der Waals surface area contributed by atoms with Crippen LogP contribution < -0.4 is 0 Å². The van der Waals surface area contributed by atoms with Gasteiger partial charge >= 0.3 is 11.9 Å². The monoisotopic (exact) mass is 390 g/mol. The van der Waals surface area contributed by atoms with E-state index in [1.807, 2.05) is 13.8 Å². The third-order valence-corrected chi connectivity index (χ3v) is 4.37. The van der Waals surface area contributed by atoms with E-state index < -0.39 is 11.9 Å². The van der Waals surface area contributed by atoms with Crippen molar-refractivity contribution in [1.29, 1.82) is 0 Å². The van der Waals surface area contributed by atoms with Crippen LogP contribution in [0.15, 0.2) is 22.7 Å². The minimum absolute atomic E-state index is 0.368. The first-order valence-electron chi connectivity index (χ1n) is 10.6. The first-order valence-corrected chi connectivity index (χ1v) is 10.6. The number of carbonyl (C=O) groups is 2. The predicted molar refractivity (Wildman–Crippen MR) is 114 cm³/mol. The molecule has 0 aliphatic rings. The zero-order valence-corrected chi connectivity index (χ0v) is 18.7. The van der Waals surface area contributed by atoms with Crippen molar-refractivity contribution in [3.63, 3.8) is 0 Å². The molecule has 0 saturated carbocycles. The molecule has 0 aromatic heterocycles. The molecule has 0 aliphatic carbocycles. The molecule has 0 spiro atoms. The molecule has 0 saturated heterocycles. The van der Waals surface area contributed by atoms with E-state index >= 15 is 0 Å². The van der Waals surface area contributed by atoms with Gasteiger partial charge in [-0.1, -0.05) is 52.4 Å². The molecular formula is C24H38O4. The summed E-state index contributed by atoms with van der Waals surface area (Å²) in [6.07, 6.45) is 10.8. The van der Waals surface area contributed by atoms with Crippen molar-refractivity contribution in [1.82, 2.24) is 0 Å². The van der Waals surface area contributed by atoms with Crippen LogP contribution in [0, 0.1) is 11.8 Å². The van der Waals surface area contributed by atoms with Crippen molar-refractivity contribution in [2.75, 3.05) is 0 Å². The Morgan fingerprint density at radius 1 is 0.607 bits per heavy atom. The number of allylic oxidation sites excluding steroid dienone is 4. The molecule has 0 fully saturated rings. The predicted octanol–water partition coefficient (Wildman–Crippen LogP) is 6.60. The number of ether oxygens (including phenoxy) is 2. The summed E-state index contributed by atoms with van der Waals surface area (Å²) < 4.78 is 10.6. The average molecular weight is 391 g/mol. The maximum Gasteiger partial charge on any atom is 0.308 e. The summed E-state index contributed by atoms with van der Waals surface area (Å²) >= 11 is 0. The molecule has 158 valence electrons. The van der Waals surface area contributed by atoms with Gasteiger partial charge in [-0.25, -0.2) is 0 Å². The molecule has 0 radical (unpaired) electrons. The highest BCUT2D eigenvalue weighted by Gasteiger charge is 2.08. The Labute approximate surface area is 171 Å². The van der Waals surface area contributed by atoms with Gasteiger partial charge in [0.2, 0.25) is 0 Å². The van der Waals surface area contributed by atoms with Crippen molar-refractivity contribution in [2.45, 2.75) is 106 Å². The van der Waals surface area contributed by atoms with Gasteiger partial charge in [0.25, 0.3) is 0 Å². The Balaban J connectivity index is 5.44. The van der Waals surface area contributed by atoms with Crippen molar-refractivity contribution in [2.24, 2.45) is 0 Å². The van der Waals surface area contributed by atoms with E-state index in [1.165, 1.54) is 39.5 Å². The SMILES string of the molecule is CCCCCC/C(C)=C(/C#C/C(OC(C)=O)=C(/C)CCCCCC)OC(C)=O. The Morgan fingerprint density at radius 3 is 1.25 bits per heavy atom. The molecule has 0 aromatic carbocycles. The minimum atomic E-state index is -0.397. The molecule has 0 N–H and O–H groups in total. The molecule has 0 atom stereocenters. The van der Waals surface area contributed by atoms with E-state index in [4.69, 9.17) is 9.47 Å². The number of hydrogen-bond acceptors (Lipinski definition) is 4.